The van der Waals surface area contributed by atoms with Crippen molar-refractivity contribution in [3.63, 3.8) is 0 Å². The van der Waals surface area contributed by atoms with Gasteiger partial charge in [-0.3, -0.25) is 0 Å². The maximum Gasteiger partial charge on any atom is 0.0915 e. The summed E-state index contributed by atoms with van der Waals surface area (Å²) in [6, 6.07) is 10.7. The SMILES string of the molecule is C=C[C@@H](c1ccccc1)[C@H](SC1CCCCC1)C(=S)N(C)C. The fourth-order valence-electron chi connectivity index (χ4n) is 3.07. The molecule has 0 radical (unpaired) electrons. The maximum atomic E-state index is 5.77. The Hall–Kier alpha value is -0.800. The summed E-state index contributed by atoms with van der Waals surface area (Å²) >= 11 is 7.84. The lowest BCUT2D eigenvalue weighted by Crippen LogP contribution is -2.35. The number of rotatable bonds is 6. The first-order valence-corrected chi connectivity index (χ1v) is 9.52. The zero-order valence-corrected chi connectivity index (χ0v) is 15.3. The molecule has 1 aliphatic rings. The topological polar surface area (TPSA) is 3.24 Å². The van der Waals surface area contributed by atoms with Crippen molar-refractivity contribution in [3.05, 3.63) is 48.6 Å². The van der Waals surface area contributed by atoms with E-state index in [-0.39, 0.29) is 5.92 Å². The second kappa shape index (κ2) is 8.73. The van der Waals surface area contributed by atoms with Crippen molar-refractivity contribution < 1.29 is 0 Å². The van der Waals surface area contributed by atoms with Crippen LogP contribution in [0.1, 0.15) is 43.6 Å². The van der Waals surface area contributed by atoms with Crippen LogP contribution in [-0.4, -0.2) is 34.5 Å². The Morgan fingerprint density at radius 2 is 1.86 bits per heavy atom. The van der Waals surface area contributed by atoms with Crippen LogP contribution in [0.2, 0.25) is 0 Å². The third-order valence-corrected chi connectivity index (χ3v) is 6.77. The highest BCUT2D eigenvalue weighted by molar-refractivity contribution is 8.02. The van der Waals surface area contributed by atoms with Crippen molar-refractivity contribution in [1.82, 2.24) is 4.90 Å². The van der Waals surface area contributed by atoms with Gasteiger partial charge in [-0.05, 0) is 18.4 Å². The molecule has 1 aliphatic carbocycles. The molecule has 1 saturated carbocycles. The highest BCUT2D eigenvalue weighted by Crippen LogP contribution is 2.38. The van der Waals surface area contributed by atoms with Gasteiger partial charge in [0.2, 0.25) is 0 Å². The summed E-state index contributed by atoms with van der Waals surface area (Å²) < 4.78 is 0. The lowest BCUT2D eigenvalue weighted by molar-refractivity contribution is 0.514. The first kappa shape index (κ1) is 17.6. The predicted molar refractivity (Wildman–Crippen MR) is 104 cm³/mol. The summed E-state index contributed by atoms with van der Waals surface area (Å²) in [4.78, 5) is 3.12. The number of hydrogen-bond donors (Lipinski definition) is 0. The van der Waals surface area contributed by atoms with Gasteiger partial charge in [-0.25, -0.2) is 0 Å². The average Bonchev–Trinajstić information content (AvgIpc) is 2.56. The first-order chi connectivity index (χ1) is 10.6. The van der Waals surface area contributed by atoms with Crippen LogP contribution in [0.5, 0.6) is 0 Å². The first-order valence-electron chi connectivity index (χ1n) is 8.17. The molecule has 0 aromatic heterocycles. The van der Waals surface area contributed by atoms with Crippen LogP contribution in [0.4, 0.5) is 0 Å². The highest BCUT2D eigenvalue weighted by Gasteiger charge is 2.29. The van der Waals surface area contributed by atoms with Crippen molar-refractivity contribution in [2.24, 2.45) is 0 Å². The zero-order valence-electron chi connectivity index (χ0n) is 13.7. The van der Waals surface area contributed by atoms with Crippen LogP contribution in [0.3, 0.4) is 0 Å². The molecule has 120 valence electrons. The molecule has 1 nitrogen and oxygen atoms in total. The standard InChI is InChI=1S/C19H27NS2/c1-4-17(15-11-7-5-8-12-15)18(19(21)20(2)3)22-16-13-9-6-10-14-16/h4-5,7-8,11-12,16-18H,1,6,9-10,13-14H2,2-3H3/t17-,18-/m0/s1. The van der Waals surface area contributed by atoms with Gasteiger partial charge < -0.3 is 4.90 Å². The van der Waals surface area contributed by atoms with Gasteiger partial charge in [0.15, 0.2) is 0 Å². The van der Waals surface area contributed by atoms with E-state index in [4.69, 9.17) is 12.2 Å². The van der Waals surface area contributed by atoms with Gasteiger partial charge in [-0.15, -0.1) is 18.3 Å². The monoisotopic (exact) mass is 333 g/mol. The maximum absolute atomic E-state index is 5.77. The molecular formula is C19H27NS2. The minimum absolute atomic E-state index is 0.281. The van der Waals surface area contributed by atoms with Crippen LogP contribution >= 0.6 is 24.0 Å². The normalized spacial score (nSPS) is 18.5. The lowest BCUT2D eigenvalue weighted by Gasteiger charge is -2.33. The van der Waals surface area contributed by atoms with Crippen molar-refractivity contribution in [2.75, 3.05) is 14.1 Å². The van der Waals surface area contributed by atoms with Crippen LogP contribution in [0.25, 0.3) is 0 Å². The molecule has 2 rings (SSSR count). The van der Waals surface area contributed by atoms with Crippen LogP contribution in [-0.2, 0) is 0 Å². The number of thiocarbonyl (C=S) groups is 1. The van der Waals surface area contributed by atoms with E-state index in [2.05, 4.69) is 73.7 Å². The molecule has 1 fully saturated rings. The number of nitrogens with zero attached hydrogens (tertiary/aromatic N) is 1. The average molecular weight is 334 g/mol. The van der Waals surface area contributed by atoms with E-state index in [1.165, 1.54) is 37.7 Å². The quantitative estimate of drug-likeness (QED) is 0.515. The number of allylic oxidation sites excluding steroid dienone is 1. The van der Waals surface area contributed by atoms with E-state index in [0.717, 1.165) is 10.2 Å². The Bertz CT molecular complexity index is 477. The summed E-state index contributed by atoms with van der Waals surface area (Å²) in [6.07, 6.45) is 8.85. The van der Waals surface area contributed by atoms with Crippen LogP contribution < -0.4 is 0 Å². The lowest BCUT2D eigenvalue weighted by atomic mass is 9.95. The molecule has 0 spiro atoms. The van der Waals surface area contributed by atoms with Gasteiger partial charge >= 0.3 is 0 Å². The number of benzene rings is 1. The molecule has 0 saturated heterocycles. The van der Waals surface area contributed by atoms with Gasteiger partial charge in [-0.2, -0.15) is 0 Å². The van der Waals surface area contributed by atoms with E-state index in [1.54, 1.807) is 0 Å². The van der Waals surface area contributed by atoms with E-state index < -0.39 is 0 Å². The molecule has 22 heavy (non-hydrogen) atoms. The smallest absolute Gasteiger partial charge is 0.0915 e. The van der Waals surface area contributed by atoms with E-state index >= 15 is 0 Å². The van der Waals surface area contributed by atoms with E-state index in [0.29, 0.717) is 5.25 Å². The van der Waals surface area contributed by atoms with E-state index in [1.807, 2.05) is 0 Å². The molecule has 1 aromatic carbocycles. The van der Waals surface area contributed by atoms with Crippen LogP contribution in [0.15, 0.2) is 43.0 Å². The van der Waals surface area contributed by atoms with Gasteiger partial charge in [0.1, 0.15) is 0 Å². The molecular weight excluding hydrogens is 306 g/mol. The molecule has 2 atom stereocenters. The molecule has 1 aromatic rings. The van der Waals surface area contributed by atoms with Gasteiger partial charge in [-0.1, -0.05) is 67.9 Å². The minimum Gasteiger partial charge on any atom is -0.371 e. The Morgan fingerprint density at radius 1 is 1.23 bits per heavy atom. The molecule has 0 amide bonds. The molecule has 0 N–H and O–H groups in total. The molecule has 0 heterocycles. The van der Waals surface area contributed by atoms with Gasteiger partial charge in [0, 0.05) is 25.3 Å². The summed E-state index contributed by atoms with van der Waals surface area (Å²) in [6.45, 7) is 4.10. The second-order valence-corrected chi connectivity index (χ2v) is 8.09. The molecule has 0 aliphatic heterocycles. The second-order valence-electron chi connectivity index (χ2n) is 6.22. The molecule has 0 bridgehead atoms. The third-order valence-electron chi connectivity index (χ3n) is 4.34. The fraction of sp³-hybridized carbons (Fsp3) is 0.526. The summed E-state index contributed by atoms with van der Waals surface area (Å²) in [5, 5.41) is 1.04. The Morgan fingerprint density at radius 3 is 2.41 bits per heavy atom. The third kappa shape index (κ3) is 4.60. The number of thioether (sulfide) groups is 1. The van der Waals surface area contributed by atoms with Crippen molar-refractivity contribution in [3.8, 4) is 0 Å². The Labute approximate surface area is 145 Å². The van der Waals surface area contributed by atoms with Crippen LogP contribution in [0, 0.1) is 0 Å². The molecule has 3 heteroatoms. The Balaban J connectivity index is 2.21. The zero-order chi connectivity index (χ0) is 15.9. The van der Waals surface area contributed by atoms with Crippen molar-refractivity contribution in [1.29, 1.82) is 0 Å². The highest BCUT2D eigenvalue weighted by atomic mass is 32.2. The van der Waals surface area contributed by atoms with Crippen molar-refractivity contribution >= 4 is 29.0 Å². The summed E-state index contributed by atoms with van der Waals surface area (Å²) in [5.41, 5.74) is 1.31. The largest absolute Gasteiger partial charge is 0.371 e. The predicted octanol–water partition coefficient (Wildman–Crippen LogP) is 5.28. The van der Waals surface area contributed by atoms with E-state index in [9.17, 15) is 0 Å². The molecule has 0 unspecified atom stereocenters. The van der Waals surface area contributed by atoms with Gasteiger partial charge in [0.25, 0.3) is 0 Å². The van der Waals surface area contributed by atoms with Gasteiger partial charge in [0.05, 0.1) is 10.2 Å². The summed E-state index contributed by atoms with van der Waals surface area (Å²) in [7, 11) is 4.11. The summed E-state index contributed by atoms with van der Waals surface area (Å²) in [5.74, 6) is 0.281. The fourth-order valence-corrected chi connectivity index (χ4v) is 5.17. The van der Waals surface area contributed by atoms with Crippen molar-refractivity contribution in [2.45, 2.75) is 48.5 Å². The minimum atomic E-state index is 0.281. The number of hydrogen-bond acceptors (Lipinski definition) is 2. The Kier molecular flexibility index (Phi) is 6.97.